The summed E-state index contributed by atoms with van der Waals surface area (Å²) in [5, 5.41) is 0. The molecule has 0 N–H and O–H groups in total. The Morgan fingerprint density at radius 2 is 2.10 bits per heavy atom. The molecule has 3 aliphatic rings. The van der Waals surface area contributed by atoms with Gasteiger partial charge < -0.3 is 0 Å². The second-order valence-corrected chi connectivity index (χ2v) is 3.58. The molecule has 3 aliphatic heterocycles. The highest BCUT2D eigenvalue weighted by Gasteiger charge is 2.39. The molecule has 10 heavy (non-hydrogen) atoms. The van der Waals surface area contributed by atoms with Gasteiger partial charge in [-0.1, -0.05) is 6.92 Å². The van der Waals surface area contributed by atoms with Crippen molar-refractivity contribution in [1.29, 1.82) is 0 Å². The third-order valence-electron chi connectivity index (χ3n) is 3.03. The number of hydrogen-bond acceptors (Lipinski definition) is 2. The van der Waals surface area contributed by atoms with E-state index in [0.29, 0.717) is 0 Å². The van der Waals surface area contributed by atoms with Gasteiger partial charge in [0.2, 0.25) is 0 Å². The summed E-state index contributed by atoms with van der Waals surface area (Å²) >= 11 is 0. The maximum Gasteiger partial charge on any atom is 0.0509 e. The molecule has 3 saturated heterocycles. The Bertz CT molecular complexity index is 129. The molecule has 1 unspecified atom stereocenters. The van der Waals surface area contributed by atoms with Crippen molar-refractivity contribution in [1.82, 2.24) is 9.80 Å². The first kappa shape index (κ1) is 6.62. The first-order valence-electron chi connectivity index (χ1n) is 4.27. The molecule has 0 aliphatic carbocycles. The second-order valence-electron chi connectivity index (χ2n) is 3.58. The van der Waals surface area contributed by atoms with Crippen LogP contribution in [0.25, 0.3) is 0 Å². The van der Waals surface area contributed by atoms with E-state index in [1.807, 2.05) is 0 Å². The molecule has 2 nitrogen and oxygen atoms in total. The van der Waals surface area contributed by atoms with E-state index >= 15 is 0 Å². The van der Waals surface area contributed by atoms with Crippen LogP contribution in [0.15, 0.2) is 0 Å². The van der Waals surface area contributed by atoms with Gasteiger partial charge in [0.25, 0.3) is 0 Å². The molecule has 58 valence electrons. The Kier molecular flexibility index (Phi) is 1.46. The molecule has 0 radical (unpaired) electrons. The molecule has 3 heterocycles. The summed E-state index contributed by atoms with van der Waals surface area (Å²) in [5.41, 5.74) is 0. The van der Waals surface area contributed by atoms with E-state index in [9.17, 15) is 0 Å². The van der Waals surface area contributed by atoms with Crippen LogP contribution < -0.4 is 0 Å². The molecule has 0 aromatic heterocycles. The molecule has 3 fully saturated rings. The zero-order chi connectivity index (χ0) is 7.14. The lowest BCUT2D eigenvalue weighted by atomic mass is 9.89. The van der Waals surface area contributed by atoms with Crippen LogP contribution in [0.2, 0.25) is 0 Å². The molecule has 1 atom stereocenters. The van der Waals surface area contributed by atoms with Gasteiger partial charge in [0.1, 0.15) is 0 Å². The van der Waals surface area contributed by atoms with E-state index < -0.39 is 0 Å². The Labute approximate surface area is 62.8 Å². The summed E-state index contributed by atoms with van der Waals surface area (Å²) in [7, 11) is 0. The van der Waals surface area contributed by atoms with Crippen LogP contribution in [0, 0.1) is 5.92 Å². The van der Waals surface area contributed by atoms with Crippen molar-refractivity contribution < 1.29 is 0 Å². The quantitative estimate of drug-likeness (QED) is 0.526. The predicted molar refractivity (Wildman–Crippen MR) is 41.8 cm³/mol. The molecule has 2 bridgehead atoms. The Morgan fingerprint density at radius 3 is 2.50 bits per heavy atom. The minimum atomic E-state index is 0.843. The standard InChI is InChI=1S/C8H16N2/c1-3-10-6-9-4-8(5-9)7(10)2/h7-8H,3-6H2,1-2H3. The molecule has 0 aromatic carbocycles. The summed E-state index contributed by atoms with van der Waals surface area (Å²) in [6.07, 6.45) is 0. The van der Waals surface area contributed by atoms with Crippen LogP contribution >= 0.6 is 0 Å². The van der Waals surface area contributed by atoms with Gasteiger partial charge in [-0.2, -0.15) is 0 Å². The van der Waals surface area contributed by atoms with Crippen LogP contribution in [0.5, 0.6) is 0 Å². The minimum absolute atomic E-state index is 0.843. The first-order chi connectivity index (χ1) is 4.81. The molecule has 0 aromatic rings. The average Bonchev–Trinajstić information content (AvgIpc) is 1.85. The second kappa shape index (κ2) is 2.21. The van der Waals surface area contributed by atoms with Gasteiger partial charge in [-0.15, -0.1) is 0 Å². The lowest BCUT2D eigenvalue weighted by Gasteiger charge is -2.54. The van der Waals surface area contributed by atoms with Crippen molar-refractivity contribution in [2.45, 2.75) is 19.9 Å². The first-order valence-corrected chi connectivity index (χ1v) is 4.27. The maximum absolute atomic E-state index is 2.55. The fourth-order valence-corrected chi connectivity index (χ4v) is 2.10. The number of fused-ring (bicyclic) bond motifs is 2. The number of hydrogen-bond donors (Lipinski definition) is 0. The van der Waals surface area contributed by atoms with Gasteiger partial charge in [-0.25, -0.2) is 0 Å². The van der Waals surface area contributed by atoms with E-state index in [2.05, 4.69) is 23.6 Å². The molecule has 2 heteroatoms. The topological polar surface area (TPSA) is 6.48 Å². The molecule has 0 amide bonds. The normalized spacial score (nSPS) is 46.8. The van der Waals surface area contributed by atoms with Crippen molar-refractivity contribution in [3.8, 4) is 0 Å². The smallest absolute Gasteiger partial charge is 0.0509 e. The van der Waals surface area contributed by atoms with Gasteiger partial charge in [0, 0.05) is 19.1 Å². The number of nitrogens with zero attached hydrogens (tertiary/aromatic N) is 2. The molecule has 3 rings (SSSR count). The third-order valence-corrected chi connectivity index (χ3v) is 3.03. The van der Waals surface area contributed by atoms with Gasteiger partial charge >= 0.3 is 0 Å². The lowest BCUT2D eigenvalue weighted by Crippen LogP contribution is -2.65. The molecule has 0 spiro atoms. The van der Waals surface area contributed by atoms with Crippen molar-refractivity contribution in [2.24, 2.45) is 5.92 Å². The number of rotatable bonds is 1. The van der Waals surface area contributed by atoms with Crippen molar-refractivity contribution in [2.75, 3.05) is 26.3 Å². The van der Waals surface area contributed by atoms with Crippen molar-refractivity contribution in [3.63, 3.8) is 0 Å². The summed E-state index contributed by atoms with van der Waals surface area (Å²) in [5.74, 6) is 0.980. The van der Waals surface area contributed by atoms with Crippen LogP contribution in [-0.2, 0) is 0 Å². The zero-order valence-electron chi connectivity index (χ0n) is 6.88. The predicted octanol–water partition coefficient (Wildman–Crippen LogP) is 0.600. The highest BCUT2D eigenvalue weighted by Crippen LogP contribution is 2.28. The van der Waals surface area contributed by atoms with E-state index in [-0.39, 0.29) is 0 Å². The zero-order valence-corrected chi connectivity index (χ0v) is 6.88. The van der Waals surface area contributed by atoms with Gasteiger partial charge in [0.05, 0.1) is 6.67 Å². The van der Waals surface area contributed by atoms with Crippen LogP contribution in [0.4, 0.5) is 0 Å². The highest BCUT2D eigenvalue weighted by atomic mass is 15.4. The van der Waals surface area contributed by atoms with E-state index in [0.717, 1.165) is 12.0 Å². The maximum atomic E-state index is 2.55. The summed E-state index contributed by atoms with van der Waals surface area (Å²) in [6.45, 7) is 9.77. The van der Waals surface area contributed by atoms with Gasteiger partial charge in [-0.05, 0) is 19.4 Å². The van der Waals surface area contributed by atoms with Crippen LogP contribution in [0.1, 0.15) is 13.8 Å². The Morgan fingerprint density at radius 1 is 1.40 bits per heavy atom. The summed E-state index contributed by atoms with van der Waals surface area (Å²) < 4.78 is 0. The van der Waals surface area contributed by atoms with E-state index in [4.69, 9.17) is 0 Å². The fourth-order valence-electron chi connectivity index (χ4n) is 2.10. The lowest BCUT2D eigenvalue weighted by molar-refractivity contribution is -0.0796. The SMILES string of the molecule is CCN1CN2CC(C2)C1C. The monoisotopic (exact) mass is 140 g/mol. The highest BCUT2D eigenvalue weighted by molar-refractivity contribution is 4.92. The summed E-state index contributed by atoms with van der Waals surface area (Å²) in [6, 6.07) is 0.843. The average molecular weight is 140 g/mol. The van der Waals surface area contributed by atoms with Gasteiger partial charge in [-0.3, -0.25) is 9.80 Å². The summed E-state index contributed by atoms with van der Waals surface area (Å²) in [4.78, 5) is 5.08. The molecular weight excluding hydrogens is 124 g/mol. The van der Waals surface area contributed by atoms with E-state index in [1.165, 1.54) is 26.3 Å². The minimum Gasteiger partial charge on any atom is -0.290 e. The van der Waals surface area contributed by atoms with Gasteiger partial charge in [0.15, 0.2) is 0 Å². The Hall–Kier alpha value is -0.0800. The van der Waals surface area contributed by atoms with Crippen LogP contribution in [-0.4, -0.2) is 42.1 Å². The third kappa shape index (κ3) is 0.789. The molecule has 0 saturated carbocycles. The fraction of sp³-hybridized carbons (Fsp3) is 1.00. The van der Waals surface area contributed by atoms with Crippen molar-refractivity contribution in [3.05, 3.63) is 0 Å². The molecular formula is C8H16N2. The largest absolute Gasteiger partial charge is 0.290 e. The van der Waals surface area contributed by atoms with Crippen molar-refractivity contribution >= 4 is 0 Å². The Balaban J connectivity index is 1.99. The van der Waals surface area contributed by atoms with E-state index in [1.54, 1.807) is 0 Å². The van der Waals surface area contributed by atoms with Crippen LogP contribution in [0.3, 0.4) is 0 Å².